The lowest BCUT2D eigenvalue weighted by Gasteiger charge is -2.35. The fourth-order valence-electron chi connectivity index (χ4n) is 5.66. The number of nitrogens with one attached hydrogen (secondary N) is 2. The number of thioether (sulfide) groups is 1. The maximum absolute atomic E-state index is 13.6. The van der Waals surface area contributed by atoms with Crippen molar-refractivity contribution in [3.63, 3.8) is 0 Å². The number of halogens is 1. The average molecular weight is 633 g/mol. The summed E-state index contributed by atoms with van der Waals surface area (Å²) < 4.78 is 5.91. The SMILES string of the molecule is CN(C)C/C=C/C(=O)N1CCCC(NC(=O)[C@@H]2Sc3nccc4c3C2NC(=O)N4c2ccc(Oc3ccccc3)c(Cl)c2)C1. The first-order chi connectivity index (χ1) is 21.3. The van der Waals surface area contributed by atoms with E-state index in [1.54, 1.807) is 46.3 Å². The van der Waals surface area contributed by atoms with Gasteiger partial charge in [-0.05, 0) is 63.3 Å². The Labute approximate surface area is 265 Å². The number of nitrogens with zero attached hydrogens (tertiary/aromatic N) is 4. The second kappa shape index (κ2) is 12.9. The van der Waals surface area contributed by atoms with Gasteiger partial charge in [0.15, 0.2) is 0 Å². The number of aromatic nitrogens is 1. The molecule has 0 saturated carbocycles. The highest BCUT2D eigenvalue weighted by Crippen LogP contribution is 2.51. The molecule has 3 aliphatic heterocycles. The summed E-state index contributed by atoms with van der Waals surface area (Å²) >= 11 is 7.93. The van der Waals surface area contributed by atoms with Crippen molar-refractivity contribution in [3.05, 3.63) is 83.5 Å². The number of likely N-dealkylation sites (tertiary alicyclic amines) is 1. The summed E-state index contributed by atoms with van der Waals surface area (Å²) in [7, 11) is 3.89. The summed E-state index contributed by atoms with van der Waals surface area (Å²) in [4.78, 5) is 49.7. The van der Waals surface area contributed by atoms with E-state index in [0.29, 0.717) is 52.6 Å². The molecule has 6 rings (SSSR count). The van der Waals surface area contributed by atoms with Gasteiger partial charge in [-0.1, -0.05) is 47.6 Å². The van der Waals surface area contributed by atoms with Gasteiger partial charge >= 0.3 is 6.03 Å². The number of carbonyl (C=O) groups is 3. The molecule has 44 heavy (non-hydrogen) atoms. The van der Waals surface area contributed by atoms with Crippen LogP contribution in [-0.4, -0.2) is 77.7 Å². The first-order valence-electron chi connectivity index (χ1n) is 14.5. The highest BCUT2D eigenvalue weighted by atomic mass is 35.5. The Balaban J connectivity index is 1.16. The summed E-state index contributed by atoms with van der Waals surface area (Å²) in [6.07, 6.45) is 6.67. The third-order valence-corrected chi connectivity index (χ3v) is 9.30. The molecule has 3 aromatic rings. The molecule has 0 aliphatic carbocycles. The number of hydrogen-bond acceptors (Lipinski definition) is 7. The van der Waals surface area contributed by atoms with Crippen molar-refractivity contribution >= 4 is 52.6 Å². The lowest BCUT2D eigenvalue weighted by molar-refractivity contribution is -0.129. The van der Waals surface area contributed by atoms with E-state index in [1.165, 1.54) is 11.8 Å². The van der Waals surface area contributed by atoms with Gasteiger partial charge in [0.1, 0.15) is 21.8 Å². The van der Waals surface area contributed by atoms with E-state index < -0.39 is 11.3 Å². The van der Waals surface area contributed by atoms with Crippen molar-refractivity contribution in [3.8, 4) is 11.5 Å². The molecule has 0 radical (unpaired) electrons. The Hall–Kier alpha value is -4.06. The number of ether oxygens (including phenoxy) is 1. The van der Waals surface area contributed by atoms with E-state index in [-0.39, 0.29) is 23.9 Å². The molecule has 1 saturated heterocycles. The van der Waals surface area contributed by atoms with Crippen molar-refractivity contribution in [2.45, 2.75) is 35.2 Å². The number of hydrogen-bond donors (Lipinski definition) is 2. The quantitative estimate of drug-likeness (QED) is 0.332. The minimum Gasteiger partial charge on any atom is -0.456 e. The number of rotatable bonds is 8. The van der Waals surface area contributed by atoms with Crippen LogP contribution in [0.1, 0.15) is 24.4 Å². The van der Waals surface area contributed by atoms with Crippen LogP contribution >= 0.6 is 23.4 Å². The molecule has 3 aliphatic rings. The zero-order valence-corrected chi connectivity index (χ0v) is 26.0. The predicted octanol–water partition coefficient (Wildman–Crippen LogP) is 5.13. The number of likely N-dealkylation sites (N-methyl/N-ethyl adjacent to an activating group) is 1. The second-order valence-corrected chi connectivity index (χ2v) is 12.7. The molecular weight excluding hydrogens is 600 g/mol. The Morgan fingerprint density at radius 3 is 2.80 bits per heavy atom. The van der Waals surface area contributed by atoms with Crippen LogP contribution in [0, 0.1) is 0 Å². The molecule has 2 N–H and O–H groups in total. The van der Waals surface area contributed by atoms with Crippen molar-refractivity contribution in [1.29, 1.82) is 0 Å². The van der Waals surface area contributed by atoms with Gasteiger partial charge < -0.3 is 25.2 Å². The van der Waals surface area contributed by atoms with Crippen LogP contribution in [-0.2, 0) is 9.59 Å². The van der Waals surface area contributed by atoms with Crippen LogP contribution in [0.5, 0.6) is 11.5 Å². The number of para-hydroxylation sites is 1. The van der Waals surface area contributed by atoms with E-state index >= 15 is 0 Å². The first kappa shape index (κ1) is 30.0. The van der Waals surface area contributed by atoms with E-state index in [1.807, 2.05) is 55.4 Å². The lowest BCUT2D eigenvalue weighted by atomic mass is 9.99. The third kappa shape index (κ3) is 6.26. The number of amides is 4. The van der Waals surface area contributed by atoms with Gasteiger partial charge in [-0.3, -0.25) is 14.5 Å². The zero-order chi connectivity index (χ0) is 30.8. The average Bonchev–Trinajstić information content (AvgIpc) is 3.38. The topological polar surface area (TPSA) is 107 Å². The molecule has 3 atom stereocenters. The van der Waals surface area contributed by atoms with Crippen LogP contribution < -0.4 is 20.3 Å². The maximum atomic E-state index is 13.6. The highest BCUT2D eigenvalue weighted by molar-refractivity contribution is 8.01. The lowest BCUT2D eigenvalue weighted by Crippen LogP contribution is -2.53. The van der Waals surface area contributed by atoms with E-state index in [9.17, 15) is 14.4 Å². The molecule has 0 bridgehead atoms. The van der Waals surface area contributed by atoms with Gasteiger partial charge in [0.25, 0.3) is 0 Å². The Morgan fingerprint density at radius 1 is 1.20 bits per heavy atom. The minimum absolute atomic E-state index is 0.0540. The van der Waals surface area contributed by atoms with Gasteiger partial charge in [-0.15, -0.1) is 0 Å². The normalized spacial score (nSPS) is 20.9. The number of carbonyl (C=O) groups excluding carboxylic acids is 3. The fourth-order valence-corrected chi connectivity index (χ4v) is 7.11. The van der Waals surface area contributed by atoms with Crippen LogP contribution in [0.3, 0.4) is 0 Å². The molecule has 228 valence electrons. The summed E-state index contributed by atoms with van der Waals surface area (Å²) in [6.45, 7) is 1.79. The number of benzene rings is 2. The number of urea groups is 1. The summed E-state index contributed by atoms with van der Waals surface area (Å²) in [6, 6.07) is 15.2. The van der Waals surface area contributed by atoms with Gasteiger partial charge in [-0.2, -0.15) is 0 Å². The van der Waals surface area contributed by atoms with Gasteiger partial charge in [0, 0.05) is 43.5 Å². The van der Waals surface area contributed by atoms with Crippen molar-refractivity contribution in [1.82, 2.24) is 25.4 Å². The summed E-state index contributed by atoms with van der Waals surface area (Å²) in [5.74, 6) is 0.877. The van der Waals surface area contributed by atoms with Crippen molar-refractivity contribution in [2.75, 3.05) is 38.6 Å². The molecular formula is C32H33ClN6O4S. The van der Waals surface area contributed by atoms with Gasteiger partial charge in [0.2, 0.25) is 11.8 Å². The molecule has 2 unspecified atom stereocenters. The van der Waals surface area contributed by atoms with Crippen molar-refractivity contribution < 1.29 is 19.1 Å². The Kier molecular flexibility index (Phi) is 8.79. The molecule has 10 nitrogen and oxygen atoms in total. The van der Waals surface area contributed by atoms with Gasteiger partial charge in [0.05, 0.1) is 22.4 Å². The third-order valence-electron chi connectivity index (χ3n) is 7.72. The van der Waals surface area contributed by atoms with Crippen LogP contribution in [0.2, 0.25) is 5.02 Å². The van der Waals surface area contributed by atoms with E-state index in [4.69, 9.17) is 16.3 Å². The standard InChI is InChI=1S/C32H33ClN6O4S/c1-37(2)16-7-11-26(40)38-17-6-8-20(19-38)35-30(41)29-28-27-24(14-15-34-31(27)44-29)39(32(42)36-28)21-12-13-25(23(33)18-21)43-22-9-4-3-5-10-22/h3-5,7,9-15,18,20,28-29H,6,8,16-17,19H2,1-2H3,(H,35,41)(H,36,42)/b11-7+/t20?,28?,29-/m1/s1. The highest BCUT2D eigenvalue weighted by Gasteiger charge is 2.47. The first-order valence-corrected chi connectivity index (χ1v) is 15.7. The molecule has 4 heterocycles. The van der Waals surface area contributed by atoms with Crippen LogP contribution in [0.15, 0.2) is 78.0 Å². The second-order valence-electron chi connectivity index (χ2n) is 11.2. The monoisotopic (exact) mass is 632 g/mol. The molecule has 0 spiro atoms. The zero-order valence-electron chi connectivity index (χ0n) is 24.4. The molecule has 1 aromatic heterocycles. The van der Waals surface area contributed by atoms with Crippen molar-refractivity contribution in [2.24, 2.45) is 0 Å². The molecule has 4 amide bonds. The number of anilines is 2. The maximum Gasteiger partial charge on any atom is 0.327 e. The Morgan fingerprint density at radius 2 is 2.02 bits per heavy atom. The van der Waals surface area contributed by atoms with Gasteiger partial charge in [-0.25, -0.2) is 9.78 Å². The summed E-state index contributed by atoms with van der Waals surface area (Å²) in [5, 5.41) is 6.63. The minimum atomic E-state index is -0.596. The van der Waals surface area contributed by atoms with Crippen LogP contribution in [0.4, 0.5) is 16.2 Å². The van der Waals surface area contributed by atoms with E-state index in [2.05, 4.69) is 15.6 Å². The smallest absolute Gasteiger partial charge is 0.327 e. The predicted molar refractivity (Wildman–Crippen MR) is 171 cm³/mol. The summed E-state index contributed by atoms with van der Waals surface area (Å²) in [5.41, 5.74) is 2.01. The Bertz CT molecular complexity index is 1600. The number of pyridine rings is 1. The number of piperidine rings is 1. The molecule has 2 aromatic carbocycles. The fraction of sp³-hybridized carbons (Fsp3) is 0.312. The molecule has 1 fully saturated rings. The van der Waals surface area contributed by atoms with Crippen LogP contribution in [0.25, 0.3) is 0 Å². The largest absolute Gasteiger partial charge is 0.456 e. The molecule has 12 heteroatoms. The van der Waals surface area contributed by atoms with E-state index in [0.717, 1.165) is 18.4 Å².